The van der Waals surface area contributed by atoms with Crippen molar-refractivity contribution < 1.29 is 4.74 Å². The number of aromatic nitrogens is 1. The SMILES string of the molecule is c1ccc(N2CCOCC2)c(-c2cncc3ccccc23)c1. The molecular weight excluding hydrogens is 272 g/mol. The first kappa shape index (κ1) is 13.3. The lowest BCUT2D eigenvalue weighted by atomic mass is 9.99. The minimum atomic E-state index is 0.794. The summed E-state index contributed by atoms with van der Waals surface area (Å²) in [6.45, 7) is 3.47. The van der Waals surface area contributed by atoms with Crippen molar-refractivity contribution in [2.75, 3.05) is 31.2 Å². The van der Waals surface area contributed by atoms with E-state index in [-0.39, 0.29) is 0 Å². The van der Waals surface area contributed by atoms with E-state index in [1.807, 2.05) is 12.4 Å². The highest BCUT2D eigenvalue weighted by atomic mass is 16.5. The molecule has 0 atom stereocenters. The quantitative estimate of drug-likeness (QED) is 0.719. The number of anilines is 1. The van der Waals surface area contributed by atoms with Gasteiger partial charge in [-0.3, -0.25) is 4.98 Å². The predicted octanol–water partition coefficient (Wildman–Crippen LogP) is 3.74. The van der Waals surface area contributed by atoms with Crippen LogP contribution in [0.3, 0.4) is 0 Å². The Bertz CT molecular complexity index is 789. The van der Waals surface area contributed by atoms with Gasteiger partial charge in [0.2, 0.25) is 0 Å². The number of nitrogens with zero attached hydrogens (tertiary/aromatic N) is 2. The van der Waals surface area contributed by atoms with Gasteiger partial charge in [-0.05, 0) is 11.5 Å². The molecule has 4 rings (SSSR count). The standard InChI is InChI=1S/C19H18N2O/c1-2-6-16-15(5-1)13-20-14-18(16)17-7-3-4-8-19(17)21-9-11-22-12-10-21/h1-8,13-14H,9-12H2. The monoisotopic (exact) mass is 290 g/mol. The van der Waals surface area contributed by atoms with E-state index < -0.39 is 0 Å². The fourth-order valence-corrected chi connectivity index (χ4v) is 3.11. The smallest absolute Gasteiger partial charge is 0.0642 e. The van der Waals surface area contributed by atoms with Gasteiger partial charge >= 0.3 is 0 Å². The fraction of sp³-hybridized carbons (Fsp3) is 0.211. The summed E-state index contributed by atoms with van der Waals surface area (Å²) >= 11 is 0. The van der Waals surface area contributed by atoms with Gasteiger partial charge in [-0.1, -0.05) is 42.5 Å². The van der Waals surface area contributed by atoms with Crippen molar-refractivity contribution in [2.24, 2.45) is 0 Å². The second kappa shape index (κ2) is 5.78. The van der Waals surface area contributed by atoms with Gasteiger partial charge < -0.3 is 9.64 Å². The average molecular weight is 290 g/mol. The lowest BCUT2D eigenvalue weighted by Crippen LogP contribution is -2.36. The minimum absolute atomic E-state index is 0.794. The Labute approximate surface area is 130 Å². The molecule has 110 valence electrons. The third kappa shape index (κ3) is 2.34. The van der Waals surface area contributed by atoms with Crippen LogP contribution in [0.4, 0.5) is 5.69 Å². The number of morpholine rings is 1. The highest BCUT2D eigenvalue weighted by Crippen LogP contribution is 2.35. The van der Waals surface area contributed by atoms with Crippen LogP contribution < -0.4 is 4.90 Å². The van der Waals surface area contributed by atoms with Gasteiger partial charge in [-0.15, -0.1) is 0 Å². The zero-order valence-electron chi connectivity index (χ0n) is 12.4. The maximum atomic E-state index is 5.48. The van der Waals surface area contributed by atoms with Crippen LogP contribution in [0.25, 0.3) is 21.9 Å². The molecule has 2 aromatic carbocycles. The second-order valence-electron chi connectivity index (χ2n) is 5.52. The van der Waals surface area contributed by atoms with E-state index in [1.54, 1.807) is 0 Å². The third-order valence-corrected chi connectivity index (χ3v) is 4.21. The Hall–Kier alpha value is -2.39. The van der Waals surface area contributed by atoms with Crippen LogP contribution in [0.2, 0.25) is 0 Å². The highest BCUT2D eigenvalue weighted by molar-refractivity contribution is 5.98. The summed E-state index contributed by atoms with van der Waals surface area (Å²) in [7, 11) is 0. The number of pyridine rings is 1. The van der Waals surface area contributed by atoms with Gasteiger partial charge in [-0.25, -0.2) is 0 Å². The van der Waals surface area contributed by atoms with E-state index >= 15 is 0 Å². The van der Waals surface area contributed by atoms with Gasteiger partial charge in [0.25, 0.3) is 0 Å². The summed E-state index contributed by atoms with van der Waals surface area (Å²) in [6.07, 6.45) is 3.90. The minimum Gasteiger partial charge on any atom is -0.378 e. The highest BCUT2D eigenvalue weighted by Gasteiger charge is 2.16. The molecule has 3 aromatic rings. The molecule has 0 amide bonds. The van der Waals surface area contributed by atoms with Gasteiger partial charge in [0.05, 0.1) is 13.2 Å². The summed E-state index contributed by atoms with van der Waals surface area (Å²) in [5, 5.41) is 2.43. The molecule has 0 radical (unpaired) electrons. The zero-order chi connectivity index (χ0) is 14.8. The first-order chi connectivity index (χ1) is 10.9. The molecule has 1 aromatic heterocycles. The van der Waals surface area contributed by atoms with Crippen molar-refractivity contribution in [2.45, 2.75) is 0 Å². The van der Waals surface area contributed by atoms with Crippen molar-refractivity contribution in [3.05, 3.63) is 60.9 Å². The fourth-order valence-electron chi connectivity index (χ4n) is 3.11. The maximum absolute atomic E-state index is 5.48. The number of rotatable bonds is 2. The van der Waals surface area contributed by atoms with Crippen molar-refractivity contribution in [3.8, 4) is 11.1 Å². The molecule has 0 unspecified atom stereocenters. The Morgan fingerprint density at radius 3 is 2.50 bits per heavy atom. The van der Waals surface area contributed by atoms with Crippen LogP contribution in [0.5, 0.6) is 0 Å². The van der Waals surface area contributed by atoms with Gasteiger partial charge in [0, 0.05) is 47.7 Å². The number of fused-ring (bicyclic) bond motifs is 1. The first-order valence-electron chi connectivity index (χ1n) is 7.68. The van der Waals surface area contributed by atoms with E-state index in [2.05, 4.69) is 58.4 Å². The second-order valence-corrected chi connectivity index (χ2v) is 5.52. The number of hydrogen-bond donors (Lipinski definition) is 0. The molecular formula is C19H18N2O. The summed E-state index contributed by atoms with van der Waals surface area (Å²) < 4.78 is 5.48. The Morgan fingerprint density at radius 2 is 1.59 bits per heavy atom. The molecule has 1 aliphatic rings. The van der Waals surface area contributed by atoms with Crippen LogP contribution in [0.1, 0.15) is 0 Å². The Balaban J connectivity index is 1.88. The zero-order valence-corrected chi connectivity index (χ0v) is 12.4. The molecule has 0 spiro atoms. The van der Waals surface area contributed by atoms with Crippen LogP contribution in [-0.2, 0) is 4.74 Å². The number of para-hydroxylation sites is 1. The van der Waals surface area contributed by atoms with Crippen molar-refractivity contribution in [1.29, 1.82) is 0 Å². The normalized spacial score (nSPS) is 15.2. The Morgan fingerprint density at radius 1 is 0.818 bits per heavy atom. The summed E-state index contributed by atoms with van der Waals surface area (Å²) in [4.78, 5) is 6.84. The summed E-state index contributed by atoms with van der Waals surface area (Å²) in [5.74, 6) is 0. The molecule has 0 saturated carbocycles. The molecule has 1 aliphatic heterocycles. The van der Waals surface area contributed by atoms with Gasteiger partial charge in [0.15, 0.2) is 0 Å². The van der Waals surface area contributed by atoms with Gasteiger partial charge in [0.1, 0.15) is 0 Å². The van der Waals surface area contributed by atoms with Crippen molar-refractivity contribution in [1.82, 2.24) is 4.98 Å². The molecule has 22 heavy (non-hydrogen) atoms. The molecule has 1 saturated heterocycles. The molecule has 3 nitrogen and oxygen atoms in total. The number of hydrogen-bond acceptors (Lipinski definition) is 3. The predicted molar refractivity (Wildman–Crippen MR) is 90.2 cm³/mol. The first-order valence-corrected chi connectivity index (χ1v) is 7.68. The van der Waals surface area contributed by atoms with E-state index in [9.17, 15) is 0 Å². The number of ether oxygens (including phenoxy) is 1. The Kier molecular flexibility index (Phi) is 3.49. The van der Waals surface area contributed by atoms with Crippen LogP contribution in [0, 0.1) is 0 Å². The summed E-state index contributed by atoms with van der Waals surface area (Å²) in [5.41, 5.74) is 3.71. The molecule has 3 heteroatoms. The van der Waals surface area contributed by atoms with Gasteiger partial charge in [-0.2, -0.15) is 0 Å². The lowest BCUT2D eigenvalue weighted by Gasteiger charge is -2.30. The third-order valence-electron chi connectivity index (χ3n) is 4.21. The molecule has 1 fully saturated rings. The lowest BCUT2D eigenvalue weighted by molar-refractivity contribution is 0.123. The maximum Gasteiger partial charge on any atom is 0.0642 e. The largest absolute Gasteiger partial charge is 0.378 e. The molecule has 2 heterocycles. The number of benzene rings is 2. The molecule has 0 bridgehead atoms. The molecule has 0 N–H and O–H groups in total. The van der Waals surface area contributed by atoms with Crippen molar-refractivity contribution in [3.63, 3.8) is 0 Å². The van der Waals surface area contributed by atoms with Crippen LogP contribution in [0.15, 0.2) is 60.9 Å². The van der Waals surface area contributed by atoms with Crippen LogP contribution in [-0.4, -0.2) is 31.3 Å². The summed E-state index contributed by atoms with van der Waals surface area (Å²) in [6, 6.07) is 17.0. The molecule has 0 aliphatic carbocycles. The topological polar surface area (TPSA) is 25.4 Å². The van der Waals surface area contributed by atoms with E-state index in [0.29, 0.717) is 0 Å². The van der Waals surface area contributed by atoms with Crippen molar-refractivity contribution >= 4 is 16.5 Å². The van der Waals surface area contributed by atoms with Crippen LogP contribution >= 0.6 is 0 Å². The average Bonchev–Trinajstić information content (AvgIpc) is 2.62. The van der Waals surface area contributed by atoms with E-state index in [0.717, 1.165) is 26.3 Å². The van der Waals surface area contributed by atoms with E-state index in [1.165, 1.54) is 27.6 Å². The van der Waals surface area contributed by atoms with E-state index in [4.69, 9.17) is 4.74 Å².